The van der Waals surface area contributed by atoms with E-state index in [1.165, 1.54) is 61.6 Å². The number of nitrogens with one attached hydrogen (secondary N) is 1. The number of carbonyl (C=O) groups excluding carboxylic acids is 2. The summed E-state index contributed by atoms with van der Waals surface area (Å²) in [6.45, 7) is 1.15. The molecule has 45 heavy (non-hydrogen) atoms. The van der Waals surface area contributed by atoms with E-state index in [1.807, 2.05) is 0 Å². The minimum absolute atomic E-state index is 0.0265. The Hall–Kier alpha value is -3.18. The van der Waals surface area contributed by atoms with Crippen molar-refractivity contribution in [1.29, 1.82) is 0 Å². The molecule has 13 heteroatoms. The molecule has 1 aliphatic carbocycles. The Kier molecular flexibility index (Phi) is 11.9. The van der Waals surface area contributed by atoms with Crippen molar-refractivity contribution in [3.63, 3.8) is 0 Å². The van der Waals surface area contributed by atoms with Crippen molar-refractivity contribution in [3.05, 3.63) is 81.3 Å². The van der Waals surface area contributed by atoms with Crippen LogP contribution in [-0.2, 0) is 26.2 Å². The van der Waals surface area contributed by atoms with Gasteiger partial charge >= 0.3 is 0 Å². The van der Waals surface area contributed by atoms with Gasteiger partial charge in [0.25, 0.3) is 10.0 Å². The van der Waals surface area contributed by atoms with Crippen LogP contribution in [0.5, 0.6) is 11.5 Å². The van der Waals surface area contributed by atoms with Gasteiger partial charge < -0.3 is 19.7 Å². The van der Waals surface area contributed by atoms with E-state index in [2.05, 4.69) is 5.32 Å². The van der Waals surface area contributed by atoms with Gasteiger partial charge in [0, 0.05) is 33.7 Å². The average molecular weight is 697 g/mol. The Bertz CT molecular complexity index is 1610. The van der Waals surface area contributed by atoms with E-state index in [-0.39, 0.29) is 34.8 Å². The Morgan fingerprint density at radius 1 is 0.911 bits per heavy atom. The summed E-state index contributed by atoms with van der Waals surface area (Å²) in [6, 6.07) is 14.3. The van der Waals surface area contributed by atoms with E-state index in [0.717, 1.165) is 30.0 Å². The zero-order valence-corrected chi connectivity index (χ0v) is 28.3. The van der Waals surface area contributed by atoms with Crippen LogP contribution in [0.1, 0.15) is 44.6 Å². The zero-order valence-electron chi connectivity index (χ0n) is 25.3. The van der Waals surface area contributed by atoms with Gasteiger partial charge in [0.2, 0.25) is 11.8 Å². The molecule has 1 saturated carbocycles. The number of ether oxygens (including phenoxy) is 2. The summed E-state index contributed by atoms with van der Waals surface area (Å²) >= 11 is 18.7. The quantitative estimate of drug-likeness (QED) is 0.213. The molecule has 1 aliphatic rings. The first kappa shape index (κ1) is 34.7. The van der Waals surface area contributed by atoms with Crippen molar-refractivity contribution in [1.82, 2.24) is 10.2 Å². The second-order valence-electron chi connectivity index (χ2n) is 10.7. The topological polar surface area (TPSA) is 105 Å². The summed E-state index contributed by atoms with van der Waals surface area (Å²) < 4.78 is 40.0. The van der Waals surface area contributed by atoms with E-state index in [9.17, 15) is 18.0 Å². The van der Waals surface area contributed by atoms with Gasteiger partial charge in [-0.05, 0) is 73.4 Å². The minimum Gasteiger partial charge on any atom is -0.493 e. The van der Waals surface area contributed by atoms with E-state index >= 15 is 0 Å². The molecule has 3 aromatic rings. The number of benzene rings is 3. The molecule has 1 atom stereocenters. The normalized spacial score (nSPS) is 14.1. The SMILES string of the molecule is CCC(C(=O)NC1CCCC1)N(Cc1ccc(Cl)cc1Cl)C(=O)CN(c1ccc(Cl)cc1)S(=O)(=O)c1ccc(OC)c(OC)c1. The smallest absolute Gasteiger partial charge is 0.264 e. The molecule has 2 amide bonds. The van der Waals surface area contributed by atoms with Gasteiger partial charge in [-0.15, -0.1) is 0 Å². The Morgan fingerprint density at radius 2 is 1.56 bits per heavy atom. The molecule has 0 aliphatic heterocycles. The van der Waals surface area contributed by atoms with Crippen LogP contribution in [-0.4, -0.2) is 58.0 Å². The molecule has 0 spiro atoms. The fourth-order valence-corrected chi connectivity index (χ4v) is 7.39. The van der Waals surface area contributed by atoms with E-state index < -0.39 is 28.5 Å². The maximum atomic E-state index is 14.3. The van der Waals surface area contributed by atoms with Crippen molar-refractivity contribution < 1.29 is 27.5 Å². The summed E-state index contributed by atoms with van der Waals surface area (Å²) in [4.78, 5) is 29.2. The number of sulfonamides is 1. The molecule has 242 valence electrons. The van der Waals surface area contributed by atoms with E-state index in [4.69, 9.17) is 44.3 Å². The lowest BCUT2D eigenvalue weighted by atomic mass is 10.1. The van der Waals surface area contributed by atoms with E-state index in [1.54, 1.807) is 25.1 Å². The van der Waals surface area contributed by atoms with Crippen molar-refractivity contribution in [2.45, 2.75) is 62.6 Å². The summed E-state index contributed by atoms with van der Waals surface area (Å²) in [5, 5.41) is 4.21. The second-order valence-corrected chi connectivity index (χ2v) is 13.8. The van der Waals surface area contributed by atoms with Crippen LogP contribution >= 0.6 is 34.8 Å². The number of nitrogens with zero attached hydrogens (tertiary/aromatic N) is 2. The molecule has 0 aromatic heterocycles. The summed E-state index contributed by atoms with van der Waals surface area (Å²) in [6.07, 6.45) is 4.07. The lowest BCUT2D eigenvalue weighted by Gasteiger charge is -2.34. The molecule has 9 nitrogen and oxygen atoms in total. The first-order valence-corrected chi connectivity index (χ1v) is 17.1. The van der Waals surface area contributed by atoms with Gasteiger partial charge in [0.05, 0.1) is 24.8 Å². The molecular weight excluding hydrogens is 661 g/mol. The third kappa shape index (κ3) is 8.35. The molecule has 0 heterocycles. The van der Waals surface area contributed by atoms with Crippen LogP contribution in [0, 0.1) is 0 Å². The highest BCUT2D eigenvalue weighted by Crippen LogP contribution is 2.33. The monoisotopic (exact) mass is 695 g/mol. The number of halogens is 3. The summed E-state index contributed by atoms with van der Waals surface area (Å²) in [5.74, 6) is -0.359. The summed E-state index contributed by atoms with van der Waals surface area (Å²) in [5.41, 5.74) is 0.762. The van der Waals surface area contributed by atoms with Crippen LogP contribution in [0.25, 0.3) is 0 Å². The maximum absolute atomic E-state index is 14.3. The Labute approximate surface area is 279 Å². The Balaban J connectivity index is 1.76. The highest BCUT2D eigenvalue weighted by atomic mass is 35.5. The number of methoxy groups -OCH3 is 2. The van der Waals surface area contributed by atoms with Gasteiger partial charge in [0.15, 0.2) is 11.5 Å². The molecule has 0 saturated heterocycles. The molecule has 1 N–H and O–H groups in total. The molecular formula is C32H36Cl3N3O6S. The predicted octanol–water partition coefficient (Wildman–Crippen LogP) is 6.73. The number of rotatable bonds is 13. The van der Waals surface area contributed by atoms with Crippen molar-refractivity contribution in [3.8, 4) is 11.5 Å². The first-order valence-electron chi connectivity index (χ1n) is 14.5. The Morgan fingerprint density at radius 3 is 2.16 bits per heavy atom. The molecule has 1 fully saturated rings. The van der Waals surface area contributed by atoms with Crippen LogP contribution < -0.4 is 19.1 Å². The van der Waals surface area contributed by atoms with Crippen molar-refractivity contribution in [2.75, 3.05) is 25.1 Å². The molecule has 1 unspecified atom stereocenters. The first-order chi connectivity index (χ1) is 21.5. The highest BCUT2D eigenvalue weighted by Gasteiger charge is 2.35. The molecule has 0 bridgehead atoms. The number of carbonyl (C=O) groups is 2. The fourth-order valence-electron chi connectivity index (χ4n) is 5.36. The minimum atomic E-state index is -4.35. The molecule has 3 aromatic carbocycles. The number of amides is 2. The lowest BCUT2D eigenvalue weighted by Crippen LogP contribution is -2.53. The average Bonchev–Trinajstić information content (AvgIpc) is 3.53. The second kappa shape index (κ2) is 15.4. The van der Waals surface area contributed by atoms with Crippen molar-refractivity contribution >= 4 is 62.3 Å². The van der Waals surface area contributed by atoms with Crippen LogP contribution in [0.15, 0.2) is 65.6 Å². The number of hydrogen-bond acceptors (Lipinski definition) is 6. The van der Waals surface area contributed by atoms with Crippen molar-refractivity contribution in [2.24, 2.45) is 0 Å². The third-order valence-electron chi connectivity index (χ3n) is 7.78. The molecule has 4 rings (SSSR count). The highest BCUT2D eigenvalue weighted by molar-refractivity contribution is 7.92. The zero-order chi connectivity index (χ0) is 32.7. The fraction of sp³-hybridized carbons (Fsp3) is 0.375. The standard InChI is InChI=1S/C32H36Cl3N3O6S/c1-4-28(32(40)36-24-7-5-6-8-24)37(19-21-9-10-23(34)17-27(21)35)31(39)20-38(25-13-11-22(33)12-14-25)45(41,42)26-15-16-29(43-2)30(18-26)44-3/h9-18,24,28H,4-8,19-20H2,1-3H3,(H,36,40). The van der Waals surface area contributed by atoms with Gasteiger partial charge in [-0.25, -0.2) is 8.42 Å². The van der Waals surface area contributed by atoms with Gasteiger partial charge in [-0.2, -0.15) is 0 Å². The third-order valence-corrected chi connectivity index (χ3v) is 10.4. The largest absolute Gasteiger partial charge is 0.493 e. The summed E-state index contributed by atoms with van der Waals surface area (Å²) in [7, 11) is -1.51. The van der Waals surface area contributed by atoms with Crippen LogP contribution in [0.2, 0.25) is 15.1 Å². The maximum Gasteiger partial charge on any atom is 0.264 e. The lowest BCUT2D eigenvalue weighted by molar-refractivity contribution is -0.140. The van der Waals surface area contributed by atoms with Gasteiger partial charge in [0.1, 0.15) is 12.6 Å². The predicted molar refractivity (Wildman–Crippen MR) is 177 cm³/mol. The van der Waals surface area contributed by atoms with Crippen LogP contribution in [0.3, 0.4) is 0 Å². The van der Waals surface area contributed by atoms with Gasteiger partial charge in [-0.1, -0.05) is 60.6 Å². The van der Waals surface area contributed by atoms with Gasteiger partial charge in [-0.3, -0.25) is 13.9 Å². The van der Waals surface area contributed by atoms with Crippen LogP contribution in [0.4, 0.5) is 5.69 Å². The molecule has 0 radical (unpaired) electrons. The number of hydrogen-bond donors (Lipinski definition) is 1. The number of anilines is 1. The van der Waals surface area contributed by atoms with E-state index in [0.29, 0.717) is 32.8 Å².